The van der Waals surface area contributed by atoms with Crippen molar-refractivity contribution in [2.45, 2.75) is 19.4 Å². The first-order chi connectivity index (χ1) is 9.81. The summed E-state index contributed by atoms with van der Waals surface area (Å²) in [6.45, 7) is 1.80. The van der Waals surface area contributed by atoms with Crippen molar-refractivity contribution in [2.24, 2.45) is 5.92 Å². The molecule has 2 N–H and O–H groups in total. The molecule has 2 unspecified atom stereocenters. The largest absolute Gasteiger partial charge is 0.481 e. The zero-order valence-electron chi connectivity index (χ0n) is 11.0. The fraction of sp³-hybridized carbons (Fsp3) is 0.385. The number of carbonyl (C=O) groups is 2. The van der Waals surface area contributed by atoms with Crippen molar-refractivity contribution in [1.82, 2.24) is 5.32 Å². The number of rotatable bonds is 6. The van der Waals surface area contributed by atoms with E-state index in [2.05, 4.69) is 73.1 Å². The van der Waals surface area contributed by atoms with Crippen LogP contribution in [0.2, 0.25) is 0 Å². The summed E-state index contributed by atoms with van der Waals surface area (Å²) in [4.78, 5) is 23.2. The van der Waals surface area contributed by atoms with Crippen molar-refractivity contribution in [3.8, 4) is 0 Å². The minimum Gasteiger partial charge on any atom is -0.481 e. The highest BCUT2D eigenvalue weighted by molar-refractivity contribution is 14.1. The lowest BCUT2D eigenvalue weighted by atomic mass is 9.91. The molecule has 0 aliphatic heterocycles. The Bertz CT molecular complexity index is 530. The van der Waals surface area contributed by atoms with Crippen molar-refractivity contribution in [3.05, 3.63) is 28.4 Å². The Kier molecular flexibility index (Phi) is 8.50. The normalized spacial score (nSPS) is 13.6. The van der Waals surface area contributed by atoms with Crippen LogP contribution in [0.5, 0.6) is 0 Å². The molecule has 0 saturated carbocycles. The number of hydrogen-bond acceptors (Lipinski definition) is 2. The van der Waals surface area contributed by atoms with E-state index in [0.29, 0.717) is 6.42 Å². The predicted molar refractivity (Wildman–Crippen MR) is 108 cm³/mol. The topological polar surface area (TPSA) is 66.4 Å². The highest BCUT2D eigenvalue weighted by Crippen LogP contribution is 2.33. The van der Waals surface area contributed by atoms with E-state index in [-0.39, 0.29) is 11.8 Å². The molecule has 0 aliphatic rings. The van der Waals surface area contributed by atoms with Crippen molar-refractivity contribution >= 4 is 91.3 Å². The molecule has 116 valence electrons. The van der Waals surface area contributed by atoms with Gasteiger partial charge in [0.15, 0.2) is 0 Å². The van der Waals surface area contributed by atoms with Gasteiger partial charge >= 0.3 is 5.97 Å². The third-order valence-corrected chi connectivity index (χ3v) is 5.60. The lowest BCUT2D eigenvalue weighted by Gasteiger charge is -2.26. The van der Waals surface area contributed by atoms with Gasteiger partial charge in [0.1, 0.15) is 5.88 Å². The van der Waals surface area contributed by atoms with E-state index in [1.165, 1.54) is 0 Å². The molecule has 4 nitrogen and oxygen atoms in total. The van der Waals surface area contributed by atoms with Crippen LogP contribution in [-0.2, 0) is 9.59 Å². The highest BCUT2D eigenvalue weighted by atomic mass is 127. The summed E-state index contributed by atoms with van der Waals surface area (Å²) in [7, 11) is 0. The molecule has 0 aliphatic carbocycles. The summed E-state index contributed by atoms with van der Waals surface area (Å²) in [5.74, 6) is -2.18. The molecule has 0 heterocycles. The van der Waals surface area contributed by atoms with E-state index >= 15 is 0 Å². The number of benzene rings is 1. The summed E-state index contributed by atoms with van der Waals surface area (Å²) >= 11 is 12.1. The molecule has 0 fully saturated rings. The Labute approximate surface area is 169 Å². The number of aliphatic carboxylic acids is 1. The van der Waals surface area contributed by atoms with Gasteiger partial charge in [-0.2, -0.15) is 0 Å². The summed E-state index contributed by atoms with van der Waals surface area (Å²) in [6, 6.07) is 3.34. The van der Waals surface area contributed by atoms with Crippen LogP contribution in [0.3, 0.4) is 0 Å². The molecule has 0 spiro atoms. The van der Waals surface area contributed by atoms with Gasteiger partial charge < -0.3 is 10.4 Å². The fourth-order valence-corrected chi connectivity index (χ4v) is 6.32. The molecule has 1 rings (SSSR count). The average Bonchev–Trinajstić information content (AvgIpc) is 2.37. The smallest absolute Gasteiger partial charge is 0.308 e. The first kappa shape index (κ1) is 19.7. The van der Waals surface area contributed by atoms with E-state index in [1.54, 1.807) is 6.92 Å². The van der Waals surface area contributed by atoms with Gasteiger partial charge in [0.25, 0.3) is 0 Å². The van der Waals surface area contributed by atoms with Gasteiger partial charge in [-0.1, -0.05) is 6.92 Å². The van der Waals surface area contributed by atoms with Crippen molar-refractivity contribution in [1.29, 1.82) is 0 Å². The highest BCUT2D eigenvalue weighted by Gasteiger charge is 2.32. The Morgan fingerprint density at radius 3 is 2.19 bits per heavy atom. The Morgan fingerprint density at radius 2 is 1.81 bits per heavy atom. The van der Waals surface area contributed by atoms with E-state index < -0.39 is 17.9 Å². The summed E-state index contributed by atoms with van der Waals surface area (Å²) in [5.41, 5.74) is 0.837. The van der Waals surface area contributed by atoms with Gasteiger partial charge in [-0.15, -0.1) is 11.6 Å². The van der Waals surface area contributed by atoms with E-state index in [4.69, 9.17) is 11.6 Å². The number of carboxylic acids is 1. The molecule has 0 saturated heterocycles. The van der Waals surface area contributed by atoms with Crippen molar-refractivity contribution < 1.29 is 14.7 Å². The average molecular weight is 647 g/mol. The SMILES string of the molecule is CCC(C(=O)O)C(NC(=O)CCl)c1c(I)cc(I)cc1I. The van der Waals surface area contributed by atoms with Crippen molar-refractivity contribution in [2.75, 3.05) is 5.88 Å². The Hall–Kier alpha value is 0.640. The summed E-state index contributed by atoms with van der Waals surface area (Å²) < 4.78 is 2.93. The quantitative estimate of drug-likeness (QED) is 0.363. The maximum absolute atomic E-state index is 11.7. The van der Waals surface area contributed by atoms with Gasteiger partial charge in [-0.25, -0.2) is 0 Å². The lowest BCUT2D eigenvalue weighted by molar-refractivity contribution is -0.143. The van der Waals surface area contributed by atoms with Crippen LogP contribution < -0.4 is 5.32 Å². The van der Waals surface area contributed by atoms with Crippen LogP contribution in [0, 0.1) is 16.6 Å². The molecule has 1 amide bonds. The zero-order chi connectivity index (χ0) is 16.2. The molecule has 2 atom stereocenters. The monoisotopic (exact) mass is 647 g/mol. The zero-order valence-corrected chi connectivity index (χ0v) is 18.2. The molecular formula is C13H13ClI3NO3. The maximum Gasteiger partial charge on any atom is 0.308 e. The van der Waals surface area contributed by atoms with Crippen molar-refractivity contribution in [3.63, 3.8) is 0 Å². The van der Waals surface area contributed by atoms with Gasteiger partial charge in [-0.05, 0) is 86.3 Å². The van der Waals surface area contributed by atoms with E-state index in [9.17, 15) is 14.7 Å². The summed E-state index contributed by atoms with van der Waals surface area (Å²) in [5, 5.41) is 12.2. The second-order valence-corrected chi connectivity index (χ2v) is 8.15. The Morgan fingerprint density at radius 1 is 1.29 bits per heavy atom. The van der Waals surface area contributed by atoms with E-state index in [0.717, 1.165) is 16.3 Å². The van der Waals surface area contributed by atoms with Gasteiger partial charge in [0, 0.05) is 16.3 Å². The van der Waals surface area contributed by atoms with Crippen LogP contribution in [0.4, 0.5) is 0 Å². The van der Waals surface area contributed by atoms with Crippen LogP contribution in [-0.4, -0.2) is 22.9 Å². The van der Waals surface area contributed by atoms with E-state index in [1.807, 2.05) is 12.1 Å². The molecular weight excluding hydrogens is 634 g/mol. The van der Waals surface area contributed by atoms with Crippen LogP contribution >= 0.6 is 79.4 Å². The first-order valence-electron chi connectivity index (χ1n) is 6.04. The number of halogens is 4. The molecule has 1 aromatic carbocycles. The minimum atomic E-state index is -0.928. The number of carboxylic acid groups (broad SMARTS) is 1. The van der Waals surface area contributed by atoms with Gasteiger partial charge in [-0.3, -0.25) is 9.59 Å². The summed E-state index contributed by atoms with van der Waals surface area (Å²) in [6.07, 6.45) is 0.417. The second-order valence-electron chi connectivity index (χ2n) is 4.31. The molecule has 8 heteroatoms. The van der Waals surface area contributed by atoms with Gasteiger partial charge in [0.2, 0.25) is 5.91 Å². The van der Waals surface area contributed by atoms with Crippen LogP contribution in [0.25, 0.3) is 0 Å². The molecule has 0 aromatic heterocycles. The molecule has 1 aromatic rings. The third-order valence-electron chi connectivity index (χ3n) is 2.95. The second kappa shape index (κ2) is 9.06. The molecule has 21 heavy (non-hydrogen) atoms. The minimum absolute atomic E-state index is 0.190. The maximum atomic E-state index is 11.7. The fourth-order valence-electron chi connectivity index (χ4n) is 1.99. The first-order valence-corrected chi connectivity index (χ1v) is 9.81. The Balaban J connectivity index is 3.36. The standard InChI is InChI=1S/C13H13ClI3NO3/c1-2-7(13(20)21)12(18-10(19)5-14)11-8(16)3-6(15)4-9(11)17/h3-4,7,12H,2,5H2,1H3,(H,18,19)(H,20,21). The number of nitrogens with one attached hydrogen (secondary N) is 1. The van der Waals surface area contributed by atoms with Crippen LogP contribution in [0.1, 0.15) is 24.9 Å². The third kappa shape index (κ3) is 5.34. The number of hydrogen-bond donors (Lipinski definition) is 2. The predicted octanol–water partition coefficient (Wildman–Crippen LogP) is 4.01. The van der Waals surface area contributed by atoms with Crippen LogP contribution in [0.15, 0.2) is 12.1 Å². The number of alkyl halides is 1. The number of carbonyl (C=O) groups excluding carboxylic acids is 1. The lowest BCUT2D eigenvalue weighted by Crippen LogP contribution is -2.38. The number of amides is 1. The molecule has 0 bridgehead atoms. The molecule has 0 radical (unpaired) electrons. The van der Waals surface area contributed by atoms with Gasteiger partial charge in [0.05, 0.1) is 12.0 Å².